The van der Waals surface area contributed by atoms with E-state index in [9.17, 15) is 9.59 Å². The lowest BCUT2D eigenvalue weighted by Crippen LogP contribution is -2.46. The topological polar surface area (TPSA) is 79.3 Å². The Morgan fingerprint density at radius 3 is 2.62 bits per heavy atom. The third-order valence-corrected chi connectivity index (χ3v) is 4.65. The summed E-state index contributed by atoms with van der Waals surface area (Å²) in [6, 6.07) is 11.8. The molecule has 26 heavy (non-hydrogen) atoms. The van der Waals surface area contributed by atoms with Crippen LogP contribution in [0.2, 0.25) is 0 Å². The van der Waals surface area contributed by atoms with Crippen molar-refractivity contribution in [3.8, 4) is 0 Å². The highest BCUT2D eigenvalue weighted by molar-refractivity contribution is 5.82. The molecule has 1 saturated heterocycles. The van der Waals surface area contributed by atoms with Crippen molar-refractivity contribution in [1.82, 2.24) is 25.3 Å². The summed E-state index contributed by atoms with van der Waals surface area (Å²) in [5.74, 6) is -0.429. The zero-order valence-electron chi connectivity index (χ0n) is 15.2. The van der Waals surface area contributed by atoms with E-state index in [4.69, 9.17) is 0 Å². The van der Waals surface area contributed by atoms with Crippen LogP contribution in [0.15, 0.2) is 42.6 Å². The Morgan fingerprint density at radius 1 is 1.19 bits per heavy atom. The predicted molar refractivity (Wildman–Crippen MR) is 98.2 cm³/mol. The molecule has 1 fully saturated rings. The number of carbonyl (C=O) groups excluding carboxylic acids is 2. The molecule has 2 amide bonds. The molecule has 2 aromatic rings. The van der Waals surface area contributed by atoms with Crippen molar-refractivity contribution in [3.63, 3.8) is 0 Å². The minimum Gasteiger partial charge on any atom is -0.359 e. The quantitative estimate of drug-likeness (QED) is 0.793. The third kappa shape index (κ3) is 4.49. The monoisotopic (exact) mass is 355 g/mol. The molecule has 0 bridgehead atoms. The Hall–Kier alpha value is -2.67. The third-order valence-electron chi connectivity index (χ3n) is 4.65. The number of aromatic nitrogens is 2. The van der Waals surface area contributed by atoms with Crippen molar-refractivity contribution >= 4 is 11.8 Å². The van der Waals surface area contributed by atoms with Gasteiger partial charge >= 0.3 is 0 Å². The van der Waals surface area contributed by atoms with E-state index in [2.05, 4.69) is 32.8 Å². The van der Waals surface area contributed by atoms with Gasteiger partial charge in [0.15, 0.2) is 0 Å². The van der Waals surface area contributed by atoms with Crippen LogP contribution in [0.4, 0.5) is 0 Å². The van der Waals surface area contributed by atoms with Crippen LogP contribution in [0, 0.1) is 12.8 Å². The molecular formula is C19H25N5O2. The van der Waals surface area contributed by atoms with Gasteiger partial charge in [-0.2, -0.15) is 5.10 Å². The second-order valence-corrected chi connectivity index (χ2v) is 6.73. The van der Waals surface area contributed by atoms with Gasteiger partial charge in [0.05, 0.1) is 17.7 Å². The van der Waals surface area contributed by atoms with Crippen molar-refractivity contribution in [1.29, 1.82) is 0 Å². The smallest absolute Gasteiger partial charge is 0.242 e. The molecule has 2 atom stereocenters. The normalized spacial score (nSPS) is 20.1. The molecule has 7 heteroatoms. The van der Waals surface area contributed by atoms with Gasteiger partial charge < -0.3 is 10.6 Å². The maximum absolute atomic E-state index is 12.4. The molecule has 0 aliphatic carbocycles. The highest BCUT2D eigenvalue weighted by atomic mass is 16.2. The summed E-state index contributed by atoms with van der Waals surface area (Å²) in [4.78, 5) is 26.8. The Morgan fingerprint density at radius 2 is 1.96 bits per heavy atom. The molecule has 2 heterocycles. The first-order valence-corrected chi connectivity index (χ1v) is 8.82. The van der Waals surface area contributed by atoms with Gasteiger partial charge in [0.2, 0.25) is 11.8 Å². The number of nitrogens with zero attached hydrogens (tertiary/aromatic N) is 3. The predicted octanol–water partition coefficient (Wildman–Crippen LogP) is 0.554. The van der Waals surface area contributed by atoms with E-state index < -0.39 is 0 Å². The van der Waals surface area contributed by atoms with E-state index >= 15 is 0 Å². The van der Waals surface area contributed by atoms with Crippen molar-refractivity contribution in [3.05, 3.63) is 53.9 Å². The lowest BCUT2D eigenvalue weighted by molar-refractivity contribution is -0.126. The Bertz CT molecular complexity index is 758. The lowest BCUT2D eigenvalue weighted by atomic mass is 10.0. The lowest BCUT2D eigenvalue weighted by Gasteiger charge is -2.18. The van der Waals surface area contributed by atoms with Gasteiger partial charge in [0.1, 0.15) is 6.54 Å². The molecule has 1 aromatic heterocycles. The van der Waals surface area contributed by atoms with Crippen LogP contribution in [0.3, 0.4) is 0 Å². The molecule has 138 valence electrons. The maximum Gasteiger partial charge on any atom is 0.242 e. The molecule has 1 aliphatic heterocycles. The number of amides is 2. The first-order chi connectivity index (χ1) is 12.5. The summed E-state index contributed by atoms with van der Waals surface area (Å²) in [5.41, 5.74) is 2.07. The molecule has 3 rings (SSSR count). The fourth-order valence-corrected chi connectivity index (χ4v) is 3.40. The fourth-order valence-electron chi connectivity index (χ4n) is 3.40. The van der Waals surface area contributed by atoms with Crippen molar-refractivity contribution in [2.45, 2.75) is 26.1 Å². The molecule has 0 spiro atoms. The van der Waals surface area contributed by atoms with Crippen LogP contribution in [0.1, 0.15) is 11.3 Å². The van der Waals surface area contributed by atoms with Gasteiger partial charge in [0.25, 0.3) is 0 Å². The number of hydrogen-bond donors (Lipinski definition) is 2. The summed E-state index contributed by atoms with van der Waals surface area (Å²) >= 11 is 0. The van der Waals surface area contributed by atoms with Crippen molar-refractivity contribution in [2.24, 2.45) is 5.92 Å². The van der Waals surface area contributed by atoms with Crippen molar-refractivity contribution < 1.29 is 9.59 Å². The number of likely N-dealkylation sites (tertiary alicyclic amines) is 1. The molecule has 2 N–H and O–H groups in total. The number of hydrogen-bond acceptors (Lipinski definition) is 4. The van der Waals surface area contributed by atoms with E-state index in [1.165, 1.54) is 5.56 Å². The Kier molecular flexibility index (Phi) is 5.68. The SMILES string of the molecule is CNC(=O)C1CN(Cc2ccccc2)CC1NC(=O)Cn1ccc(C)n1. The number of nitrogens with one attached hydrogen (secondary N) is 2. The van der Waals surface area contributed by atoms with Gasteiger partial charge in [-0.05, 0) is 18.6 Å². The maximum atomic E-state index is 12.4. The van der Waals surface area contributed by atoms with E-state index in [0.29, 0.717) is 13.1 Å². The number of benzene rings is 1. The summed E-state index contributed by atoms with van der Waals surface area (Å²) in [5, 5.41) is 9.96. The number of aryl methyl sites for hydroxylation is 1. The zero-order chi connectivity index (χ0) is 18.5. The van der Waals surface area contributed by atoms with Crippen molar-refractivity contribution in [2.75, 3.05) is 20.1 Å². The van der Waals surface area contributed by atoms with Crippen LogP contribution >= 0.6 is 0 Å². The van der Waals surface area contributed by atoms with E-state index in [1.54, 1.807) is 17.9 Å². The first-order valence-electron chi connectivity index (χ1n) is 8.82. The van der Waals surface area contributed by atoms with E-state index in [0.717, 1.165) is 12.2 Å². The van der Waals surface area contributed by atoms with Crippen LogP contribution in [0.25, 0.3) is 0 Å². The average Bonchev–Trinajstić information content (AvgIpc) is 3.21. The van der Waals surface area contributed by atoms with Gasteiger partial charge in [-0.25, -0.2) is 0 Å². The van der Waals surface area contributed by atoms with Crippen LogP contribution in [-0.4, -0.2) is 52.7 Å². The molecular weight excluding hydrogens is 330 g/mol. The van der Waals surface area contributed by atoms with E-state index in [1.807, 2.05) is 31.2 Å². The first kappa shape index (κ1) is 18.1. The summed E-state index contributed by atoms with van der Waals surface area (Å²) in [6.07, 6.45) is 1.78. The molecule has 0 radical (unpaired) electrons. The van der Waals surface area contributed by atoms with Gasteiger partial charge in [-0.3, -0.25) is 19.2 Å². The largest absolute Gasteiger partial charge is 0.359 e. The molecule has 1 aromatic carbocycles. The van der Waals surface area contributed by atoms with E-state index in [-0.39, 0.29) is 30.3 Å². The van der Waals surface area contributed by atoms with Gasteiger partial charge in [-0.1, -0.05) is 30.3 Å². The summed E-state index contributed by atoms with van der Waals surface area (Å²) in [7, 11) is 1.63. The van der Waals surface area contributed by atoms with Gasteiger partial charge in [-0.15, -0.1) is 0 Å². The molecule has 7 nitrogen and oxygen atoms in total. The Labute approximate surface area is 153 Å². The highest BCUT2D eigenvalue weighted by Crippen LogP contribution is 2.20. The average molecular weight is 355 g/mol. The molecule has 1 aliphatic rings. The molecule has 0 saturated carbocycles. The zero-order valence-corrected chi connectivity index (χ0v) is 15.2. The standard InChI is InChI=1S/C19H25N5O2/c1-14-8-9-24(22-14)13-18(25)21-17-12-23(11-16(17)19(26)20-2)10-15-6-4-3-5-7-15/h3-9,16-17H,10-13H2,1-2H3,(H,20,26)(H,21,25). The minimum atomic E-state index is -0.257. The minimum absolute atomic E-state index is 0.0409. The highest BCUT2D eigenvalue weighted by Gasteiger charge is 2.37. The van der Waals surface area contributed by atoms with Crippen LogP contribution < -0.4 is 10.6 Å². The fraction of sp³-hybridized carbons (Fsp3) is 0.421. The molecule has 2 unspecified atom stereocenters. The summed E-state index contributed by atoms with van der Waals surface area (Å²) in [6.45, 7) is 4.08. The Balaban J connectivity index is 1.63. The second-order valence-electron chi connectivity index (χ2n) is 6.73. The summed E-state index contributed by atoms with van der Waals surface area (Å²) < 4.78 is 1.61. The number of rotatable bonds is 6. The van der Waals surface area contributed by atoms with Crippen LogP contribution in [0.5, 0.6) is 0 Å². The van der Waals surface area contributed by atoms with Gasteiger partial charge in [0, 0.05) is 32.9 Å². The second kappa shape index (κ2) is 8.14. The van der Waals surface area contributed by atoms with Crippen LogP contribution in [-0.2, 0) is 22.7 Å². The number of carbonyl (C=O) groups is 2.